The van der Waals surface area contributed by atoms with Crippen molar-refractivity contribution in [2.24, 2.45) is 0 Å². The van der Waals surface area contributed by atoms with Crippen LogP contribution in [0.15, 0.2) is 10.3 Å². The lowest BCUT2D eigenvalue weighted by Crippen LogP contribution is -2.25. The molecule has 0 spiro atoms. The molecule has 8 nitrogen and oxygen atoms in total. The van der Waals surface area contributed by atoms with Crippen molar-refractivity contribution in [3.8, 4) is 0 Å². The summed E-state index contributed by atoms with van der Waals surface area (Å²) in [5.74, 6) is 2.01. The van der Waals surface area contributed by atoms with Crippen LogP contribution in [0, 0.1) is 6.92 Å². The van der Waals surface area contributed by atoms with Crippen molar-refractivity contribution < 1.29 is 0 Å². The minimum absolute atomic E-state index is 0.573. The number of H-pyrrole nitrogens is 1. The molecule has 2 rings (SSSR count). The summed E-state index contributed by atoms with van der Waals surface area (Å²) in [5, 5.41) is 11.2. The average molecular weight is 308 g/mol. The van der Waals surface area contributed by atoms with Crippen LogP contribution in [0.25, 0.3) is 0 Å². The van der Waals surface area contributed by atoms with Crippen LogP contribution in [-0.4, -0.2) is 49.8 Å². The number of rotatable bonds is 7. The summed E-state index contributed by atoms with van der Waals surface area (Å²) in [6.45, 7) is 10.5. The first-order chi connectivity index (χ1) is 10.2. The molecule has 0 radical (unpaired) electrons. The van der Waals surface area contributed by atoms with Crippen molar-refractivity contribution in [3.05, 3.63) is 5.82 Å². The van der Waals surface area contributed by atoms with Crippen LogP contribution in [0.4, 0.5) is 11.9 Å². The predicted molar refractivity (Wildman–Crippen MR) is 82.8 cm³/mol. The van der Waals surface area contributed by atoms with Gasteiger partial charge in [-0.1, -0.05) is 0 Å². The number of hydrogen-bond donors (Lipinski definition) is 2. The van der Waals surface area contributed by atoms with E-state index in [4.69, 9.17) is 0 Å². The molecule has 114 valence electrons. The SMILES string of the molecule is CCNc1nc(Sc2n[nH]c(C)n2)nc(N(CC)CC)n1. The fourth-order valence-electron chi connectivity index (χ4n) is 1.73. The van der Waals surface area contributed by atoms with Crippen molar-refractivity contribution in [2.45, 2.75) is 38.0 Å². The molecule has 0 bridgehead atoms. The zero-order valence-corrected chi connectivity index (χ0v) is 13.5. The lowest BCUT2D eigenvalue weighted by molar-refractivity contribution is 0.781. The molecule has 0 saturated carbocycles. The first kappa shape index (κ1) is 15.5. The Hall–Kier alpha value is -1.90. The summed E-state index contributed by atoms with van der Waals surface area (Å²) in [6, 6.07) is 0. The molecule has 0 saturated heterocycles. The molecule has 0 atom stereocenters. The van der Waals surface area contributed by atoms with Crippen LogP contribution < -0.4 is 10.2 Å². The molecule has 2 heterocycles. The van der Waals surface area contributed by atoms with Crippen molar-refractivity contribution in [3.63, 3.8) is 0 Å². The Morgan fingerprint density at radius 2 is 1.81 bits per heavy atom. The van der Waals surface area contributed by atoms with Gasteiger partial charge in [-0.2, -0.15) is 15.0 Å². The molecule has 9 heteroatoms. The van der Waals surface area contributed by atoms with E-state index in [0.717, 1.165) is 25.5 Å². The molecule has 0 aliphatic heterocycles. The highest BCUT2D eigenvalue weighted by molar-refractivity contribution is 7.99. The summed E-state index contributed by atoms with van der Waals surface area (Å²) in [4.78, 5) is 19.7. The molecule has 0 aliphatic carbocycles. The van der Waals surface area contributed by atoms with E-state index in [2.05, 4.69) is 54.2 Å². The Morgan fingerprint density at radius 1 is 1.05 bits per heavy atom. The fraction of sp³-hybridized carbons (Fsp3) is 0.583. The maximum absolute atomic E-state index is 4.49. The van der Waals surface area contributed by atoms with Crippen LogP contribution in [0.5, 0.6) is 0 Å². The predicted octanol–water partition coefficient (Wildman–Crippen LogP) is 1.73. The van der Waals surface area contributed by atoms with E-state index < -0.39 is 0 Å². The van der Waals surface area contributed by atoms with Crippen molar-refractivity contribution in [1.29, 1.82) is 0 Å². The van der Waals surface area contributed by atoms with Crippen LogP contribution in [0.2, 0.25) is 0 Å². The number of anilines is 2. The normalized spacial score (nSPS) is 10.7. The Bertz CT molecular complexity index is 580. The van der Waals surface area contributed by atoms with Gasteiger partial charge in [-0.3, -0.25) is 5.10 Å². The van der Waals surface area contributed by atoms with Crippen molar-refractivity contribution >= 4 is 23.7 Å². The molecule has 2 N–H and O–H groups in total. The summed E-state index contributed by atoms with van der Waals surface area (Å²) in [6.07, 6.45) is 0. The second-order valence-corrected chi connectivity index (χ2v) is 5.18. The zero-order chi connectivity index (χ0) is 15.2. The van der Waals surface area contributed by atoms with Gasteiger partial charge in [0.25, 0.3) is 0 Å². The van der Waals surface area contributed by atoms with Gasteiger partial charge in [0.2, 0.25) is 22.2 Å². The van der Waals surface area contributed by atoms with Gasteiger partial charge in [0.1, 0.15) is 5.82 Å². The largest absolute Gasteiger partial charge is 0.354 e. The third kappa shape index (κ3) is 4.03. The number of hydrogen-bond acceptors (Lipinski definition) is 8. The second-order valence-electron chi connectivity index (χ2n) is 4.25. The molecule has 2 aromatic rings. The lowest BCUT2D eigenvalue weighted by atomic mass is 10.5. The van der Waals surface area contributed by atoms with Gasteiger partial charge in [0.15, 0.2) is 0 Å². The van der Waals surface area contributed by atoms with Crippen LogP contribution in [-0.2, 0) is 0 Å². The van der Waals surface area contributed by atoms with Gasteiger partial charge in [-0.05, 0) is 39.5 Å². The Morgan fingerprint density at radius 3 is 2.38 bits per heavy atom. The molecule has 0 aliphatic rings. The van der Waals surface area contributed by atoms with Crippen LogP contribution in [0.3, 0.4) is 0 Å². The molecule has 21 heavy (non-hydrogen) atoms. The van der Waals surface area contributed by atoms with Gasteiger partial charge in [0, 0.05) is 19.6 Å². The molecule has 0 amide bonds. The maximum Gasteiger partial charge on any atom is 0.231 e. The van der Waals surface area contributed by atoms with Crippen LogP contribution in [0.1, 0.15) is 26.6 Å². The quantitative estimate of drug-likeness (QED) is 0.798. The molecule has 2 aromatic heterocycles. The van der Waals surface area contributed by atoms with Gasteiger partial charge in [-0.15, -0.1) is 5.10 Å². The topological polar surface area (TPSA) is 95.5 Å². The summed E-state index contributed by atoms with van der Waals surface area (Å²) in [7, 11) is 0. The zero-order valence-electron chi connectivity index (χ0n) is 12.7. The van der Waals surface area contributed by atoms with E-state index in [1.807, 2.05) is 13.8 Å². The highest BCUT2D eigenvalue weighted by Crippen LogP contribution is 2.23. The van der Waals surface area contributed by atoms with Gasteiger partial charge < -0.3 is 10.2 Å². The molecule has 0 aromatic carbocycles. The lowest BCUT2D eigenvalue weighted by Gasteiger charge is -2.19. The minimum Gasteiger partial charge on any atom is -0.354 e. The van der Waals surface area contributed by atoms with Gasteiger partial charge in [0.05, 0.1) is 0 Å². The van der Waals surface area contributed by atoms with E-state index in [1.54, 1.807) is 0 Å². The highest BCUT2D eigenvalue weighted by Gasteiger charge is 2.13. The second kappa shape index (κ2) is 7.21. The number of aryl methyl sites for hydroxylation is 1. The van der Waals surface area contributed by atoms with Crippen molar-refractivity contribution in [2.75, 3.05) is 29.9 Å². The number of aromatic amines is 1. The number of aromatic nitrogens is 6. The molecular weight excluding hydrogens is 288 g/mol. The van der Waals surface area contributed by atoms with E-state index in [0.29, 0.717) is 22.2 Å². The first-order valence-electron chi connectivity index (χ1n) is 6.98. The Balaban J connectivity index is 2.30. The van der Waals surface area contributed by atoms with Crippen LogP contribution >= 0.6 is 11.8 Å². The maximum atomic E-state index is 4.49. The molecular formula is C12H20N8S. The number of nitrogens with one attached hydrogen (secondary N) is 2. The van der Waals surface area contributed by atoms with E-state index in [1.165, 1.54) is 11.8 Å². The summed E-state index contributed by atoms with van der Waals surface area (Å²) < 4.78 is 0. The standard InChI is InChI=1S/C12H20N8S/c1-5-13-9-15-10(20(6-2)7-3)17-11(16-9)21-12-14-8(4)18-19-12/h5-7H2,1-4H3,(H,14,18,19)(H,13,15,16,17). The molecule has 0 unspecified atom stereocenters. The fourth-order valence-corrected chi connectivity index (χ4v) is 2.42. The van der Waals surface area contributed by atoms with E-state index in [9.17, 15) is 0 Å². The van der Waals surface area contributed by atoms with Gasteiger partial charge >= 0.3 is 0 Å². The first-order valence-corrected chi connectivity index (χ1v) is 7.79. The Labute approximate surface area is 128 Å². The smallest absolute Gasteiger partial charge is 0.231 e. The van der Waals surface area contributed by atoms with E-state index >= 15 is 0 Å². The third-order valence-corrected chi connectivity index (χ3v) is 3.47. The minimum atomic E-state index is 0.573. The average Bonchev–Trinajstić information content (AvgIpc) is 2.86. The van der Waals surface area contributed by atoms with E-state index in [-0.39, 0.29) is 0 Å². The van der Waals surface area contributed by atoms with Gasteiger partial charge in [-0.25, -0.2) is 4.98 Å². The Kier molecular flexibility index (Phi) is 5.32. The number of nitrogens with zero attached hydrogens (tertiary/aromatic N) is 6. The molecule has 0 fully saturated rings. The van der Waals surface area contributed by atoms with Crippen molar-refractivity contribution in [1.82, 2.24) is 30.1 Å². The highest BCUT2D eigenvalue weighted by atomic mass is 32.2. The monoisotopic (exact) mass is 308 g/mol. The third-order valence-electron chi connectivity index (χ3n) is 2.74. The summed E-state index contributed by atoms with van der Waals surface area (Å²) >= 11 is 1.32. The summed E-state index contributed by atoms with van der Waals surface area (Å²) in [5.41, 5.74) is 0.